The van der Waals surface area contributed by atoms with Gasteiger partial charge in [-0.25, -0.2) is 0 Å². The Kier molecular flexibility index (Phi) is 35.1. The number of methoxy groups -OCH3 is 2. The van der Waals surface area contributed by atoms with Crippen LogP contribution in [0.15, 0.2) is 12.8 Å². The van der Waals surface area contributed by atoms with Gasteiger partial charge in [-0.05, 0) is 0 Å². The van der Waals surface area contributed by atoms with Crippen molar-refractivity contribution in [1.29, 1.82) is 0 Å². The molecule has 0 fully saturated rings. The molecule has 2 N–H and O–H groups in total. The molecule has 0 aliphatic rings. The molecule has 0 rings (SSSR count). The van der Waals surface area contributed by atoms with E-state index in [0.29, 0.717) is 0 Å². The molecule has 0 spiro atoms. The Morgan fingerprint density at radius 3 is 1.64 bits per heavy atom. The first-order valence-corrected chi connectivity index (χ1v) is 3.05. The van der Waals surface area contributed by atoms with Crippen LogP contribution in [0.3, 0.4) is 0 Å². The second kappa shape index (κ2) is 22.5. The van der Waals surface area contributed by atoms with Crippen LogP contribution in [0.1, 0.15) is 0 Å². The van der Waals surface area contributed by atoms with Gasteiger partial charge in [0.15, 0.2) is 0 Å². The monoisotopic (exact) mass is 200 g/mol. The number of ether oxygens (including phenoxy) is 2. The Balaban J connectivity index is -0.000000109. The van der Waals surface area contributed by atoms with Crippen molar-refractivity contribution >= 4 is 0 Å². The van der Waals surface area contributed by atoms with Crippen molar-refractivity contribution < 1.29 is 43.4 Å². The fourth-order valence-electron chi connectivity index (χ4n) is 0.0962. The van der Waals surface area contributed by atoms with Gasteiger partial charge in [0.25, 0.3) is 6.48 Å². The molecule has 6 heteroatoms. The predicted octanol–water partition coefficient (Wildman–Crippen LogP) is 0.122. The van der Waals surface area contributed by atoms with Gasteiger partial charge in [-0.1, -0.05) is 6.58 Å². The SMILES string of the molecule is C=CO.COC(O)OC.[O]=[Ti]. The average molecular weight is 200 g/mol. The molecule has 0 saturated carbocycles. The molecule has 0 radical (unpaired) electrons. The second-order valence-electron chi connectivity index (χ2n) is 0.961. The van der Waals surface area contributed by atoms with Gasteiger partial charge < -0.3 is 19.7 Å². The molecule has 0 saturated heterocycles. The van der Waals surface area contributed by atoms with Crippen molar-refractivity contribution in [2.24, 2.45) is 0 Å². The van der Waals surface area contributed by atoms with Crippen molar-refractivity contribution in [2.45, 2.75) is 6.48 Å². The van der Waals surface area contributed by atoms with Gasteiger partial charge in [0.2, 0.25) is 0 Å². The molecular weight excluding hydrogens is 188 g/mol. The summed E-state index contributed by atoms with van der Waals surface area (Å²) in [6.45, 7) is 1.85. The van der Waals surface area contributed by atoms with Crippen molar-refractivity contribution in [3.63, 3.8) is 0 Å². The second-order valence-corrected chi connectivity index (χ2v) is 0.961. The van der Waals surface area contributed by atoms with Gasteiger partial charge >= 0.3 is 23.7 Å². The number of aliphatic hydroxyl groups excluding tert-OH is 2. The fraction of sp³-hybridized carbons (Fsp3) is 0.600. The Morgan fingerprint density at radius 2 is 1.64 bits per heavy atom. The zero-order valence-corrected chi connectivity index (χ0v) is 8.04. The molecule has 0 unspecified atom stereocenters. The molecule has 0 aromatic carbocycles. The number of rotatable bonds is 2. The van der Waals surface area contributed by atoms with E-state index in [1.807, 2.05) is 0 Å². The van der Waals surface area contributed by atoms with Crippen LogP contribution >= 0.6 is 0 Å². The fourth-order valence-corrected chi connectivity index (χ4v) is 0.0962. The first-order valence-electron chi connectivity index (χ1n) is 2.42. The summed E-state index contributed by atoms with van der Waals surface area (Å²) in [5, 5.41) is 15.6. The Bertz CT molecular complexity index is 65.9. The maximum atomic E-state index is 8.25. The Morgan fingerprint density at radius 1 is 1.45 bits per heavy atom. The zero-order chi connectivity index (χ0) is 9.70. The number of hydrogen-bond acceptors (Lipinski definition) is 5. The molecule has 0 aliphatic carbocycles. The topological polar surface area (TPSA) is 76.0 Å². The van der Waals surface area contributed by atoms with Crippen molar-refractivity contribution in [3.8, 4) is 0 Å². The van der Waals surface area contributed by atoms with Gasteiger partial charge in [0.05, 0.1) is 6.26 Å². The van der Waals surface area contributed by atoms with E-state index < -0.39 is 6.48 Å². The molecule has 11 heavy (non-hydrogen) atoms. The van der Waals surface area contributed by atoms with Crippen LogP contribution in [0.4, 0.5) is 0 Å². The molecule has 0 aliphatic heterocycles. The molecule has 66 valence electrons. The summed E-state index contributed by atoms with van der Waals surface area (Å²) in [5.74, 6) is 0. The van der Waals surface area contributed by atoms with E-state index in [2.05, 4.69) is 16.1 Å². The van der Waals surface area contributed by atoms with Crippen molar-refractivity contribution in [3.05, 3.63) is 12.8 Å². The van der Waals surface area contributed by atoms with Crippen LogP contribution in [-0.2, 0) is 33.2 Å². The molecule has 0 aromatic rings. The van der Waals surface area contributed by atoms with Crippen LogP contribution in [0, 0.1) is 0 Å². The quantitative estimate of drug-likeness (QED) is 0.376. The van der Waals surface area contributed by atoms with Crippen molar-refractivity contribution in [1.82, 2.24) is 0 Å². The summed E-state index contributed by atoms with van der Waals surface area (Å²) >= 11 is 0.750. The predicted molar refractivity (Wildman–Crippen MR) is 33.5 cm³/mol. The molecule has 5 nitrogen and oxygen atoms in total. The van der Waals surface area contributed by atoms with E-state index in [0.717, 1.165) is 26.7 Å². The Labute approximate surface area is 77.4 Å². The first-order chi connectivity index (χ1) is 5.22. The minimum absolute atomic E-state index is 0.750. The van der Waals surface area contributed by atoms with Gasteiger partial charge in [-0.15, -0.1) is 0 Å². The summed E-state index contributed by atoms with van der Waals surface area (Å²) in [6, 6.07) is 0. The molecule has 0 atom stereocenters. The zero-order valence-electron chi connectivity index (χ0n) is 6.48. The average Bonchev–Trinajstić information content (AvgIpc) is 2.08. The van der Waals surface area contributed by atoms with E-state index in [1.54, 1.807) is 0 Å². The number of aliphatic hydroxyl groups is 2. The summed E-state index contributed by atoms with van der Waals surface area (Å²) in [4.78, 5) is 0. The summed E-state index contributed by atoms with van der Waals surface area (Å²) in [7, 11) is 2.71. The molecule has 0 bridgehead atoms. The van der Waals surface area contributed by atoms with E-state index in [-0.39, 0.29) is 0 Å². The van der Waals surface area contributed by atoms with Crippen LogP contribution in [0.5, 0.6) is 0 Å². The third kappa shape index (κ3) is 40.4. The molecule has 0 heterocycles. The van der Waals surface area contributed by atoms with Crippen LogP contribution in [0.2, 0.25) is 0 Å². The van der Waals surface area contributed by atoms with Crippen LogP contribution < -0.4 is 0 Å². The third-order valence-corrected chi connectivity index (χ3v) is 0.403. The summed E-state index contributed by atoms with van der Waals surface area (Å²) in [5.41, 5.74) is 0. The minimum atomic E-state index is -1.06. The standard InChI is InChI=1S/C3H8O3.C2H4O.O.Ti/c1-5-3(4)6-2;1-2-3;;/h3-4H,1-2H3;2-3H,1H2;;. The molecule has 0 amide bonds. The molecule has 0 aromatic heterocycles. The maximum absolute atomic E-state index is 8.25. The van der Waals surface area contributed by atoms with Gasteiger partial charge in [-0.2, -0.15) is 0 Å². The van der Waals surface area contributed by atoms with E-state index in [9.17, 15) is 0 Å². The van der Waals surface area contributed by atoms with Gasteiger partial charge in [0.1, 0.15) is 0 Å². The molecular formula is C5H12O5Ti. The van der Waals surface area contributed by atoms with Gasteiger partial charge in [-0.3, -0.25) is 0 Å². The first kappa shape index (κ1) is 17.1. The van der Waals surface area contributed by atoms with Crippen LogP contribution in [0.25, 0.3) is 0 Å². The van der Waals surface area contributed by atoms with E-state index in [1.165, 1.54) is 14.2 Å². The van der Waals surface area contributed by atoms with Crippen molar-refractivity contribution in [2.75, 3.05) is 14.2 Å². The summed E-state index contributed by atoms with van der Waals surface area (Å²) in [6.07, 6.45) is 0.750. The van der Waals surface area contributed by atoms with Gasteiger partial charge in [0, 0.05) is 14.2 Å². The normalized spacial score (nSPS) is 6.82. The third-order valence-electron chi connectivity index (χ3n) is 0.403. The summed E-state index contributed by atoms with van der Waals surface area (Å²) < 4.78 is 16.7. The Hall–Kier alpha value is -0.0657. The number of hydrogen-bond donors (Lipinski definition) is 2. The van der Waals surface area contributed by atoms with E-state index in [4.69, 9.17) is 13.5 Å². The van der Waals surface area contributed by atoms with E-state index >= 15 is 0 Å². The van der Waals surface area contributed by atoms with Crippen LogP contribution in [-0.4, -0.2) is 30.9 Å².